The zero-order valence-electron chi connectivity index (χ0n) is 14.6. The third kappa shape index (κ3) is 3.30. The molecule has 4 aromatic rings. The van der Waals surface area contributed by atoms with Gasteiger partial charge in [-0.1, -0.05) is 30.3 Å². The lowest BCUT2D eigenvalue weighted by Crippen LogP contribution is -2.11. The van der Waals surface area contributed by atoms with E-state index in [9.17, 15) is 4.79 Å². The van der Waals surface area contributed by atoms with Crippen LogP contribution >= 0.6 is 0 Å². The van der Waals surface area contributed by atoms with Crippen molar-refractivity contribution in [3.63, 3.8) is 0 Å². The smallest absolute Gasteiger partial charge is 0.259 e. The van der Waals surface area contributed by atoms with E-state index in [1.54, 1.807) is 30.4 Å². The molecule has 0 saturated carbocycles. The summed E-state index contributed by atoms with van der Waals surface area (Å²) in [7, 11) is 1.60. The molecule has 0 saturated heterocycles. The molecule has 0 spiro atoms. The zero-order chi connectivity index (χ0) is 18.6. The van der Waals surface area contributed by atoms with E-state index in [0.29, 0.717) is 22.7 Å². The van der Waals surface area contributed by atoms with E-state index < -0.39 is 0 Å². The van der Waals surface area contributed by atoms with Crippen LogP contribution in [0.4, 0.5) is 5.69 Å². The number of carbonyl (C=O) groups excluding carboxylic acids is 1. The molecule has 7 nitrogen and oxygen atoms in total. The fraction of sp³-hybridized carbons (Fsp3) is 0.0500. The molecule has 0 fully saturated rings. The number of carbonyl (C=O) groups is 1. The standard InChI is InChI=1S/C20H17N5O2/c1-27-18-10-6-5-9-16(18)19-17(20(26)23-14-11-21-22-12-14)13-25(24-19)15-7-3-2-4-8-15/h2-13H,1H3,(H,21,22)(H,23,26). The molecule has 0 radical (unpaired) electrons. The van der Waals surface area contributed by atoms with E-state index in [-0.39, 0.29) is 5.91 Å². The molecule has 2 heterocycles. The largest absolute Gasteiger partial charge is 0.496 e. The lowest BCUT2D eigenvalue weighted by Gasteiger charge is -2.07. The molecule has 7 heteroatoms. The topological polar surface area (TPSA) is 84.8 Å². The van der Waals surface area contributed by atoms with E-state index in [1.807, 2.05) is 54.6 Å². The van der Waals surface area contributed by atoms with Crippen LogP contribution in [-0.2, 0) is 0 Å². The molecule has 2 aromatic carbocycles. The Labute approximate surface area is 155 Å². The van der Waals surface area contributed by atoms with Gasteiger partial charge in [0.25, 0.3) is 5.91 Å². The minimum atomic E-state index is -0.278. The Kier molecular flexibility index (Phi) is 4.40. The molecular formula is C20H17N5O2. The highest BCUT2D eigenvalue weighted by Gasteiger charge is 2.21. The van der Waals surface area contributed by atoms with Gasteiger partial charge >= 0.3 is 0 Å². The van der Waals surface area contributed by atoms with Gasteiger partial charge in [0, 0.05) is 18.0 Å². The van der Waals surface area contributed by atoms with E-state index >= 15 is 0 Å². The van der Waals surface area contributed by atoms with Crippen molar-refractivity contribution in [2.75, 3.05) is 12.4 Å². The minimum Gasteiger partial charge on any atom is -0.496 e. The number of aromatic nitrogens is 4. The molecule has 27 heavy (non-hydrogen) atoms. The molecule has 0 aliphatic heterocycles. The predicted molar refractivity (Wildman–Crippen MR) is 102 cm³/mol. The average molecular weight is 359 g/mol. The van der Waals surface area contributed by atoms with Gasteiger partial charge in [0.05, 0.1) is 30.2 Å². The quantitative estimate of drug-likeness (QED) is 0.571. The first-order chi connectivity index (χ1) is 13.3. The predicted octanol–water partition coefficient (Wildman–Crippen LogP) is 3.52. The second kappa shape index (κ2) is 7.17. The normalized spacial score (nSPS) is 10.6. The first kappa shape index (κ1) is 16.6. The molecule has 0 unspecified atom stereocenters. The number of methoxy groups -OCH3 is 1. The zero-order valence-corrected chi connectivity index (χ0v) is 14.6. The molecule has 0 atom stereocenters. The number of H-pyrrole nitrogens is 1. The van der Waals surface area contributed by atoms with Crippen molar-refractivity contribution in [1.82, 2.24) is 20.0 Å². The number of para-hydroxylation sites is 2. The maximum atomic E-state index is 12.9. The molecule has 1 amide bonds. The van der Waals surface area contributed by atoms with Gasteiger partial charge in [-0.15, -0.1) is 0 Å². The Balaban J connectivity index is 1.82. The number of rotatable bonds is 5. The first-order valence-electron chi connectivity index (χ1n) is 8.35. The SMILES string of the molecule is COc1ccccc1-c1nn(-c2ccccc2)cc1C(=O)Nc1cn[nH]c1. The van der Waals surface area contributed by atoms with Gasteiger partial charge in [-0.25, -0.2) is 4.68 Å². The summed E-state index contributed by atoms with van der Waals surface area (Å²) in [5.41, 5.74) is 3.16. The number of anilines is 1. The molecule has 134 valence electrons. The number of nitrogens with one attached hydrogen (secondary N) is 2. The Hall–Kier alpha value is -3.87. The molecular weight excluding hydrogens is 342 g/mol. The Morgan fingerprint density at radius 3 is 2.63 bits per heavy atom. The van der Waals surface area contributed by atoms with Gasteiger partial charge in [0.15, 0.2) is 0 Å². The number of hydrogen-bond acceptors (Lipinski definition) is 4. The summed E-state index contributed by atoms with van der Waals surface area (Å²) in [5.74, 6) is 0.368. The number of aromatic amines is 1. The minimum absolute atomic E-state index is 0.278. The van der Waals surface area contributed by atoms with Crippen LogP contribution in [0.1, 0.15) is 10.4 Å². The monoisotopic (exact) mass is 359 g/mol. The van der Waals surface area contributed by atoms with Crippen molar-refractivity contribution in [1.29, 1.82) is 0 Å². The van der Waals surface area contributed by atoms with Crippen LogP contribution in [0.15, 0.2) is 73.2 Å². The second-order valence-corrected chi connectivity index (χ2v) is 5.81. The van der Waals surface area contributed by atoms with Crippen molar-refractivity contribution in [3.05, 3.63) is 78.8 Å². The Morgan fingerprint density at radius 2 is 1.89 bits per heavy atom. The van der Waals surface area contributed by atoms with Crippen LogP contribution < -0.4 is 10.1 Å². The van der Waals surface area contributed by atoms with Crippen LogP contribution in [0.3, 0.4) is 0 Å². The lowest BCUT2D eigenvalue weighted by atomic mass is 10.1. The maximum absolute atomic E-state index is 12.9. The number of amides is 1. The van der Waals surface area contributed by atoms with E-state index in [4.69, 9.17) is 4.74 Å². The number of ether oxygens (including phenoxy) is 1. The molecule has 0 bridgehead atoms. The van der Waals surface area contributed by atoms with E-state index in [0.717, 1.165) is 11.3 Å². The second-order valence-electron chi connectivity index (χ2n) is 5.81. The highest BCUT2D eigenvalue weighted by atomic mass is 16.5. The van der Waals surface area contributed by atoms with Gasteiger partial charge < -0.3 is 10.1 Å². The third-order valence-corrected chi connectivity index (χ3v) is 4.10. The Morgan fingerprint density at radius 1 is 1.11 bits per heavy atom. The summed E-state index contributed by atoms with van der Waals surface area (Å²) < 4.78 is 7.15. The van der Waals surface area contributed by atoms with Crippen molar-refractivity contribution in [3.8, 4) is 22.7 Å². The molecule has 4 rings (SSSR count). The fourth-order valence-corrected chi connectivity index (χ4v) is 2.81. The summed E-state index contributed by atoms with van der Waals surface area (Å²) in [4.78, 5) is 12.9. The number of benzene rings is 2. The third-order valence-electron chi connectivity index (χ3n) is 4.10. The van der Waals surface area contributed by atoms with Crippen LogP contribution in [0, 0.1) is 0 Å². The summed E-state index contributed by atoms with van der Waals surface area (Å²) in [5, 5.41) is 14.0. The van der Waals surface area contributed by atoms with Gasteiger partial charge in [-0.3, -0.25) is 9.89 Å². The highest BCUT2D eigenvalue weighted by molar-refractivity contribution is 6.08. The summed E-state index contributed by atoms with van der Waals surface area (Å²) in [6.45, 7) is 0. The molecule has 0 aliphatic rings. The number of nitrogens with zero attached hydrogens (tertiary/aromatic N) is 3. The van der Waals surface area contributed by atoms with Gasteiger partial charge in [-0.05, 0) is 24.3 Å². The van der Waals surface area contributed by atoms with Crippen LogP contribution in [-0.4, -0.2) is 33.0 Å². The van der Waals surface area contributed by atoms with Gasteiger partial charge in [-0.2, -0.15) is 10.2 Å². The summed E-state index contributed by atoms with van der Waals surface area (Å²) in [6.07, 6.45) is 4.87. The average Bonchev–Trinajstić information content (AvgIpc) is 3.38. The van der Waals surface area contributed by atoms with E-state index in [1.165, 1.54) is 0 Å². The molecule has 2 N–H and O–H groups in total. The van der Waals surface area contributed by atoms with Crippen molar-refractivity contribution < 1.29 is 9.53 Å². The van der Waals surface area contributed by atoms with Crippen molar-refractivity contribution in [2.45, 2.75) is 0 Å². The van der Waals surface area contributed by atoms with Crippen molar-refractivity contribution >= 4 is 11.6 Å². The first-order valence-corrected chi connectivity index (χ1v) is 8.35. The van der Waals surface area contributed by atoms with E-state index in [2.05, 4.69) is 20.6 Å². The molecule has 0 aliphatic carbocycles. The van der Waals surface area contributed by atoms with Crippen molar-refractivity contribution in [2.24, 2.45) is 0 Å². The van der Waals surface area contributed by atoms with Crippen LogP contribution in [0.5, 0.6) is 5.75 Å². The van der Waals surface area contributed by atoms with Crippen LogP contribution in [0.25, 0.3) is 16.9 Å². The summed E-state index contributed by atoms with van der Waals surface area (Å²) >= 11 is 0. The summed E-state index contributed by atoms with van der Waals surface area (Å²) in [6, 6.07) is 17.1. The molecule has 2 aromatic heterocycles. The highest BCUT2D eigenvalue weighted by Crippen LogP contribution is 2.32. The number of hydrogen-bond donors (Lipinski definition) is 2. The maximum Gasteiger partial charge on any atom is 0.259 e. The van der Waals surface area contributed by atoms with Gasteiger partial charge in [0.1, 0.15) is 11.4 Å². The fourth-order valence-electron chi connectivity index (χ4n) is 2.81. The van der Waals surface area contributed by atoms with Gasteiger partial charge in [0.2, 0.25) is 0 Å². The lowest BCUT2D eigenvalue weighted by molar-refractivity contribution is 0.102. The Bertz CT molecular complexity index is 1060. The van der Waals surface area contributed by atoms with Crippen LogP contribution in [0.2, 0.25) is 0 Å².